The summed E-state index contributed by atoms with van der Waals surface area (Å²) in [5.74, 6) is 0. The third-order valence-corrected chi connectivity index (χ3v) is 2.62. The lowest BCUT2D eigenvalue weighted by Gasteiger charge is -2.06. The molecule has 1 atom stereocenters. The second-order valence-electron chi connectivity index (χ2n) is 3.68. The summed E-state index contributed by atoms with van der Waals surface area (Å²) in [6, 6.07) is 8.92. The molecule has 1 aliphatic rings. The molecule has 74 valence electrons. The summed E-state index contributed by atoms with van der Waals surface area (Å²) in [5.41, 5.74) is 3.65. The van der Waals surface area contributed by atoms with Crippen molar-refractivity contribution < 1.29 is 0 Å². The van der Waals surface area contributed by atoms with Gasteiger partial charge < -0.3 is 5.32 Å². The van der Waals surface area contributed by atoms with Gasteiger partial charge in [-0.1, -0.05) is 24.3 Å². The van der Waals surface area contributed by atoms with E-state index in [1.807, 2.05) is 18.5 Å². The van der Waals surface area contributed by atoms with Gasteiger partial charge >= 0.3 is 0 Å². The molecule has 3 heteroatoms. The standard InChI is InChI=1S/C12H11N3/c1-2-4-11(12-7-15-12)10(3-1)9-5-13-8-14-6-9/h1-6,8,12,15H,7H2/t12-/m1/s1. The molecule has 0 bridgehead atoms. The van der Waals surface area contributed by atoms with Crippen LogP contribution in [-0.2, 0) is 0 Å². The van der Waals surface area contributed by atoms with Crippen molar-refractivity contribution in [1.29, 1.82) is 0 Å². The van der Waals surface area contributed by atoms with Crippen LogP contribution in [0.15, 0.2) is 43.0 Å². The van der Waals surface area contributed by atoms with E-state index in [4.69, 9.17) is 0 Å². The quantitative estimate of drug-likeness (QED) is 0.746. The van der Waals surface area contributed by atoms with Crippen molar-refractivity contribution in [3.05, 3.63) is 48.5 Å². The van der Waals surface area contributed by atoms with Crippen LogP contribution < -0.4 is 5.32 Å². The zero-order chi connectivity index (χ0) is 10.1. The van der Waals surface area contributed by atoms with Crippen LogP contribution in [-0.4, -0.2) is 16.5 Å². The summed E-state index contributed by atoms with van der Waals surface area (Å²) in [6.07, 6.45) is 5.27. The number of nitrogens with zero attached hydrogens (tertiary/aromatic N) is 2. The Bertz CT molecular complexity index is 463. The third kappa shape index (κ3) is 1.62. The molecule has 0 radical (unpaired) electrons. The highest BCUT2D eigenvalue weighted by atomic mass is 15.1. The summed E-state index contributed by atoms with van der Waals surface area (Å²) in [4.78, 5) is 8.10. The summed E-state index contributed by atoms with van der Waals surface area (Å²) >= 11 is 0. The van der Waals surface area contributed by atoms with Gasteiger partial charge in [0.05, 0.1) is 0 Å². The molecule has 1 aromatic heterocycles. The van der Waals surface area contributed by atoms with Gasteiger partial charge in [0, 0.05) is 30.5 Å². The Labute approximate surface area is 88.2 Å². The van der Waals surface area contributed by atoms with E-state index in [0.717, 1.165) is 12.1 Å². The number of nitrogens with one attached hydrogen (secondary N) is 1. The lowest BCUT2D eigenvalue weighted by Crippen LogP contribution is -1.90. The van der Waals surface area contributed by atoms with Gasteiger partial charge in [-0.15, -0.1) is 0 Å². The minimum Gasteiger partial charge on any atom is -0.307 e. The number of benzene rings is 1. The molecular formula is C12H11N3. The predicted octanol–water partition coefficient (Wildman–Crippen LogP) is 1.79. The number of hydrogen-bond acceptors (Lipinski definition) is 3. The average molecular weight is 197 g/mol. The second kappa shape index (κ2) is 3.44. The first-order valence-corrected chi connectivity index (χ1v) is 5.03. The van der Waals surface area contributed by atoms with Crippen molar-refractivity contribution in [2.75, 3.05) is 6.54 Å². The zero-order valence-corrected chi connectivity index (χ0v) is 8.22. The number of hydrogen-bond donors (Lipinski definition) is 1. The van der Waals surface area contributed by atoms with Crippen LogP contribution in [0.5, 0.6) is 0 Å². The minimum atomic E-state index is 0.515. The van der Waals surface area contributed by atoms with Gasteiger partial charge in [0.1, 0.15) is 6.33 Å². The average Bonchev–Trinajstić information content (AvgIpc) is 3.14. The monoisotopic (exact) mass is 197 g/mol. The molecule has 3 nitrogen and oxygen atoms in total. The van der Waals surface area contributed by atoms with E-state index in [1.165, 1.54) is 11.1 Å². The zero-order valence-electron chi connectivity index (χ0n) is 8.22. The topological polar surface area (TPSA) is 47.7 Å². The van der Waals surface area contributed by atoms with E-state index in [2.05, 4.69) is 33.5 Å². The maximum Gasteiger partial charge on any atom is 0.115 e. The van der Waals surface area contributed by atoms with Crippen LogP contribution >= 0.6 is 0 Å². The van der Waals surface area contributed by atoms with E-state index in [9.17, 15) is 0 Å². The van der Waals surface area contributed by atoms with Crippen molar-refractivity contribution in [2.24, 2.45) is 0 Å². The van der Waals surface area contributed by atoms with Gasteiger partial charge in [0.15, 0.2) is 0 Å². The van der Waals surface area contributed by atoms with Gasteiger partial charge in [-0.25, -0.2) is 9.97 Å². The fraction of sp³-hybridized carbons (Fsp3) is 0.167. The second-order valence-corrected chi connectivity index (χ2v) is 3.68. The molecule has 1 saturated heterocycles. The Hall–Kier alpha value is -1.74. The van der Waals surface area contributed by atoms with Gasteiger partial charge in [-0.2, -0.15) is 0 Å². The molecule has 1 aliphatic heterocycles. The Balaban J connectivity index is 2.11. The van der Waals surface area contributed by atoms with Gasteiger partial charge in [0.2, 0.25) is 0 Å². The fourth-order valence-electron chi connectivity index (χ4n) is 1.78. The highest BCUT2D eigenvalue weighted by Gasteiger charge is 2.24. The number of aromatic nitrogens is 2. The van der Waals surface area contributed by atoms with Crippen LogP contribution in [0.1, 0.15) is 11.6 Å². The van der Waals surface area contributed by atoms with Crippen LogP contribution in [0.3, 0.4) is 0 Å². The minimum absolute atomic E-state index is 0.515. The molecule has 1 fully saturated rings. The molecule has 0 unspecified atom stereocenters. The van der Waals surface area contributed by atoms with Gasteiger partial charge in [-0.05, 0) is 11.1 Å². The molecule has 2 aromatic rings. The lowest BCUT2D eigenvalue weighted by molar-refractivity contribution is 1.08. The Morgan fingerprint density at radius 3 is 2.60 bits per heavy atom. The molecule has 1 aromatic carbocycles. The Kier molecular flexibility index (Phi) is 1.96. The van der Waals surface area contributed by atoms with Crippen LogP contribution in [0.25, 0.3) is 11.1 Å². The van der Waals surface area contributed by atoms with E-state index >= 15 is 0 Å². The molecule has 1 N–H and O–H groups in total. The summed E-state index contributed by atoms with van der Waals surface area (Å²) in [5, 5.41) is 3.32. The first kappa shape index (κ1) is 8.56. The van der Waals surface area contributed by atoms with E-state index in [0.29, 0.717) is 6.04 Å². The fourth-order valence-corrected chi connectivity index (χ4v) is 1.78. The SMILES string of the molecule is c1ccc([C@H]2CN2)c(-c2cncnc2)c1. The van der Waals surface area contributed by atoms with Crippen molar-refractivity contribution in [3.8, 4) is 11.1 Å². The molecule has 15 heavy (non-hydrogen) atoms. The van der Waals surface area contributed by atoms with Crippen molar-refractivity contribution in [2.45, 2.75) is 6.04 Å². The smallest absolute Gasteiger partial charge is 0.115 e. The maximum absolute atomic E-state index is 4.05. The van der Waals surface area contributed by atoms with Gasteiger partial charge in [0.25, 0.3) is 0 Å². The molecular weight excluding hydrogens is 186 g/mol. The third-order valence-electron chi connectivity index (χ3n) is 2.62. The van der Waals surface area contributed by atoms with Crippen LogP contribution in [0.4, 0.5) is 0 Å². The first-order valence-electron chi connectivity index (χ1n) is 5.03. The summed E-state index contributed by atoms with van der Waals surface area (Å²) in [7, 11) is 0. The lowest BCUT2D eigenvalue weighted by atomic mass is 10.00. The number of rotatable bonds is 2. The molecule has 0 aliphatic carbocycles. The van der Waals surface area contributed by atoms with E-state index < -0.39 is 0 Å². The molecule has 3 rings (SSSR count). The van der Waals surface area contributed by atoms with Crippen LogP contribution in [0, 0.1) is 0 Å². The Morgan fingerprint density at radius 2 is 1.87 bits per heavy atom. The highest BCUT2D eigenvalue weighted by molar-refractivity contribution is 5.66. The van der Waals surface area contributed by atoms with E-state index in [-0.39, 0.29) is 0 Å². The molecule has 0 spiro atoms. The van der Waals surface area contributed by atoms with Crippen molar-refractivity contribution in [1.82, 2.24) is 15.3 Å². The maximum atomic E-state index is 4.05. The Morgan fingerprint density at radius 1 is 1.13 bits per heavy atom. The molecule has 2 heterocycles. The van der Waals surface area contributed by atoms with Crippen molar-refractivity contribution in [3.63, 3.8) is 0 Å². The predicted molar refractivity (Wildman–Crippen MR) is 58.2 cm³/mol. The van der Waals surface area contributed by atoms with E-state index in [1.54, 1.807) is 6.33 Å². The van der Waals surface area contributed by atoms with Crippen molar-refractivity contribution >= 4 is 0 Å². The molecule has 0 amide bonds. The summed E-state index contributed by atoms with van der Waals surface area (Å²) < 4.78 is 0. The highest BCUT2D eigenvalue weighted by Crippen LogP contribution is 2.31. The first-order chi connectivity index (χ1) is 7.45. The summed E-state index contributed by atoms with van der Waals surface area (Å²) in [6.45, 7) is 1.07. The van der Waals surface area contributed by atoms with Gasteiger partial charge in [-0.3, -0.25) is 0 Å². The van der Waals surface area contributed by atoms with Crippen LogP contribution in [0.2, 0.25) is 0 Å². The largest absolute Gasteiger partial charge is 0.307 e. The normalized spacial score (nSPS) is 18.8. The molecule has 0 saturated carbocycles.